The van der Waals surface area contributed by atoms with E-state index in [1.165, 1.54) is 6.33 Å². The van der Waals surface area contributed by atoms with Crippen LogP contribution in [-0.2, 0) is 0 Å². The van der Waals surface area contributed by atoms with E-state index in [-0.39, 0.29) is 12.0 Å². The van der Waals surface area contributed by atoms with Crippen molar-refractivity contribution in [3.8, 4) is 0 Å². The highest BCUT2D eigenvalue weighted by atomic mass is 79.9. The van der Waals surface area contributed by atoms with E-state index in [1.54, 1.807) is 0 Å². The second-order valence-corrected chi connectivity index (χ2v) is 5.15. The van der Waals surface area contributed by atoms with Crippen molar-refractivity contribution in [3.63, 3.8) is 0 Å². The molecule has 0 unspecified atom stereocenters. The zero-order valence-electron chi connectivity index (χ0n) is 8.59. The summed E-state index contributed by atoms with van der Waals surface area (Å²) in [6.07, 6.45) is 1.39. The summed E-state index contributed by atoms with van der Waals surface area (Å²) in [5.41, 5.74) is -0.198. The molecule has 6 heteroatoms. The number of hydrogen-bond acceptors (Lipinski definition) is 4. The van der Waals surface area contributed by atoms with Gasteiger partial charge in [0.05, 0.1) is 4.47 Å². The van der Waals surface area contributed by atoms with Gasteiger partial charge in [0.1, 0.15) is 17.3 Å². The third-order valence-electron chi connectivity index (χ3n) is 1.91. The van der Waals surface area contributed by atoms with Crippen molar-refractivity contribution in [1.82, 2.24) is 9.97 Å². The Balaban J connectivity index is 2.70. The molecule has 0 aliphatic rings. The summed E-state index contributed by atoms with van der Waals surface area (Å²) < 4.78 is 0.639. The summed E-state index contributed by atoms with van der Waals surface area (Å²) >= 11 is 9.10. The molecule has 2 N–H and O–H groups in total. The fourth-order valence-electron chi connectivity index (χ4n) is 0.850. The van der Waals surface area contributed by atoms with Gasteiger partial charge in [0, 0.05) is 18.6 Å². The molecule has 0 bridgehead atoms. The second kappa shape index (κ2) is 5.09. The Labute approximate surface area is 102 Å². The van der Waals surface area contributed by atoms with Gasteiger partial charge in [0.25, 0.3) is 0 Å². The first-order chi connectivity index (χ1) is 6.96. The summed E-state index contributed by atoms with van der Waals surface area (Å²) in [5, 5.41) is 12.6. The van der Waals surface area contributed by atoms with Gasteiger partial charge in [-0.25, -0.2) is 9.97 Å². The maximum absolute atomic E-state index is 9.09. The van der Waals surface area contributed by atoms with E-state index >= 15 is 0 Å². The van der Waals surface area contributed by atoms with Crippen LogP contribution in [0.15, 0.2) is 10.8 Å². The van der Waals surface area contributed by atoms with E-state index in [0.29, 0.717) is 22.0 Å². The minimum atomic E-state index is -0.198. The first-order valence-corrected chi connectivity index (χ1v) is 5.64. The van der Waals surface area contributed by atoms with Crippen LogP contribution >= 0.6 is 27.5 Å². The fraction of sp³-hybridized carbons (Fsp3) is 0.556. The van der Waals surface area contributed by atoms with E-state index in [9.17, 15) is 0 Å². The topological polar surface area (TPSA) is 58.0 Å². The molecule has 0 radical (unpaired) electrons. The van der Waals surface area contributed by atoms with Crippen LogP contribution in [0.25, 0.3) is 0 Å². The van der Waals surface area contributed by atoms with Gasteiger partial charge in [-0.15, -0.1) is 0 Å². The molecule has 1 heterocycles. The largest absolute Gasteiger partial charge is 0.396 e. The van der Waals surface area contributed by atoms with Gasteiger partial charge in [0.15, 0.2) is 0 Å². The molecule has 0 aliphatic carbocycles. The third-order valence-corrected chi connectivity index (χ3v) is 3.18. The van der Waals surface area contributed by atoms with Gasteiger partial charge in [-0.05, 0) is 15.9 Å². The first kappa shape index (κ1) is 12.7. The van der Waals surface area contributed by atoms with Gasteiger partial charge in [-0.2, -0.15) is 0 Å². The summed E-state index contributed by atoms with van der Waals surface area (Å²) in [7, 11) is 0. The molecule has 1 aromatic rings. The zero-order chi connectivity index (χ0) is 11.5. The van der Waals surface area contributed by atoms with Crippen molar-refractivity contribution in [3.05, 3.63) is 16.0 Å². The van der Waals surface area contributed by atoms with E-state index < -0.39 is 0 Å². The summed E-state index contributed by atoms with van der Waals surface area (Å²) in [6.45, 7) is 4.62. The van der Waals surface area contributed by atoms with Crippen LogP contribution in [0, 0.1) is 5.41 Å². The van der Waals surface area contributed by atoms with Crippen LogP contribution in [0.4, 0.5) is 5.82 Å². The summed E-state index contributed by atoms with van der Waals surface area (Å²) in [5.74, 6) is 0.636. The lowest BCUT2D eigenvalue weighted by molar-refractivity contribution is 0.170. The quantitative estimate of drug-likeness (QED) is 0.837. The lowest BCUT2D eigenvalue weighted by atomic mass is 9.95. The molecule has 0 saturated heterocycles. The van der Waals surface area contributed by atoms with Crippen LogP contribution in [0.5, 0.6) is 0 Å². The van der Waals surface area contributed by atoms with Crippen molar-refractivity contribution in [2.45, 2.75) is 13.8 Å². The van der Waals surface area contributed by atoms with Crippen molar-refractivity contribution in [2.24, 2.45) is 5.41 Å². The number of aromatic nitrogens is 2. The number of rotatable bonds is 4. The monoisotopic (exact) mass is 293 g/mol. The van der Waals surface area contributed by atoms with E-state index in [2.05, 4.69) is 31.2 Å². The lowest BCUT2D eigenvalue weighted by Gasteiger charge is -2.22. The molecule has 1 aromatic heterocycles. The van der Waals surface area contributed by atoms with Crippen LogP contribution < -0.4 is 5.32 Å². The average molecular weight is 295 g/mol. The molecule has 0 atom stereocenters. The minimum Gasteiger partial charge on any atom is -0.396 e. The maximum atomic E-state index is 9.09. The Kier molecular flexibility index (Phi) is 4.31. The van der Waals surface area contributed by atoms with Gasteiger partial charge in [-0.3, -0.25) is 0 Å². The molecular formula is C9H13BrClN3O. The SMILES string of the molecule is CC(C)(CO)CNc1ncnc(Cl)c1Br. The van der Waals surface area contributed by atoms with E-state index in [1.807, 2.05) is 13.8 Å². The van der Waals surface area contributed by atoms with Gasteiger partial charge in [0.2, 0.25) is 0 Å². The Morgan fingerprint density at radius 3 is 2.80 bits per heavy atom. The summed E-state index contributed by atoms with van der Waals surface area (Å²) in [4.78, 5) is 7.86. The lowest BCUT2D eigenvalue weighted by Crippen LogP contribution is -2.27. The fourth-order valence-corrected chi connectivity index (χ4v) is 1.33. The minimum absolute atomic E-state index is 0.108. The van der Waals surface area contributed by atoms with Gasteiger partial charge < -0.3 is 10.4 Å². The molecule has 0 fully saturated rings. The maximum Gasteiger partial charge on any atom is 0.148 e. The molecule has 4 nitrogen and oxygen atoms in total. The van der Waals surface area contributed by atoms with Crippen molar-refractivity contribution in [2.75, 3.05) is 18.5 Å². The van der Waals surface area contributed by atoms with Gasteiger partial charge in [-0.1, -0.05) is 25.4 Å². The number of halogens is 2. The molecule has 0 aromatic carbocycles. The highest BCUT2D eigenvalue weighted by molar-refractivity contribution is 9.10. The molecule has 15 heavy (non-hydrogen) atoms. The van der Waals surface area contributed by atoms with Crippen LogP contribution in [-0.4, -0.2) is 28.2 Å². The molecule has 0 amide bonds. The summed E-state index contributed by atoms with van der Waals surface area (Å²) in [6, 6.07) is 0. The molecule has 1 rings (SSSR count). The number of nitrogens with zero attached hydrogens (tertiary/aromatic N) is 2. The Hall–Kier alpha value is -0.390. The standard InChI is InChI=1S/C9H13BrClN3O/c1-9(2,4-15)3-12-8-6(10)7(11)13-5-14-8/h5,15H,3-4H2,1-2H3,(H,12,13,14). The highest BCUT2D eigenvalue weighted by Gasteiger charge is 2.17. The number of nitrogens with one attached hydrogen (secondary N) is 1. The Morgan fingerprint density at radius 1 is 1.53 bits per heavy atom. The normalized spacial score (nSPS) is 11.5. The van der Waals surface area contributed by atoms with Crippen LogP contribution in [0.2, 0.25) is 5.15 Å². The predicted molar refractivity (Wildman–Crippen MR) is 64.1 cm³/mol. The predicted octanol–water partition coefficient (Wildman–Crippen LogP) is 2.32. The van der Waals surface area contributed by atoms with Crippen LogP contribution in [0.3, 0.4) is 0 Å². The number of aliphatic hydroxyl groups is 1. The Morgan fingerprint density at radius 2 is 2.20 bits per heavy atom. The number of hydrogen-bond donors (Lipinski definition) is 2. The van der Waals surface area contributed by atoms with Crippen molar-refractivity contribution >= 4 is 33.3 Å². The highest BCUT2D eigenvalue weighted by Crippen LogP contribution is 2.27. The molecular weight excluding hydrogens is 281 g/mol. The molecule has 84 valence electrons. The number of anilines is 1. The van der Waals surface area contributed by atoms with E-state index in [0.717, 1.165) is 0 Å². The Bertz CT molecular complexity index is 346. The van der Waals surface area contributed by atoms with E-state index in [4.69, 9.17) is 16.7 Å². The van der Waals surface area contributed by atoms with Gasteiger partial charge >= 0.3 is 0 Å². The third kappa shape index (κ3) is 3.59. The van der Waals surface area contributed by atoms with Crippen molar-refractivity contribution in [1.29, 1.82) is 0 Å². The molecule has 0 spiro atoms. The molecule has 0 aliphatic heterocycles. The zero-order valence-corrected chi connectivity index (χ0v) is 10.9. The van der Waals surface area contributed by atoms with Crippen LogP contribution in [0.1, 0.15) is 13.8 Å². The average Bonchev–Trinajstić information content (AvgIpc) is 2.20. The van der Waals surface area contributed by atoms with Crippen molar-refractivity contribution < 1.29 is 5.11 Å². The second-order valence-electron chi connectivity index (χ2n) is 4.00. The first-order valence-electron chi connectivity index (χ1n) is 4.47. The molecule has 0 saturated carbocycles. The smallest absolute Gasteiger partial charge is 0.148 e. The number of aliphatic hydroxyl groups excluding tert-OH is 1.